The van der Waals surface area contributed by atoms with Crippen molar-refractivity contribution in [2.24, 2.45) is 0 Å². The van der Waals surface area contributed by atoms with Gasteiger partial charge in [-0.15, -0.1) is 0 Å². The molecule has 0 aromatic heterocycles. The van der Waals surface area contributed by atoms with Crippen molar-refractivity contribution in [2.45, 2.75) is 19.4 Å². The van der Waals surface area contributed by atoms with Crippen molar-refractivity contribution in [3.8, 4) is 0 Å². The second-order valence-corrected chi connectivity index (χ2v) is 5.17. The molecule has 0 atom stereocenters. The van der Waals surface area contributed by atoms with E-state index in [2.05, 4.69) is 0 Å². The van der Waals surface area contributed by atoms with Crippen molar-refractivity contribution in [1.29, 1.82) is 0 Å². The predicted octanol–water partition coefficient (Wildman–Crippen LogP) is 1.69. The van der Waals surface area contributed by atoms with Gasteiger partial charge >= 0.3 is 5.97 Å². The SMILES string of the molecule is CN(C)c1ccc(C(=O)N(C)C(C)(C)C(=O)O)cc1. The molecule has 0 aliphatic heterocycles. The van der Waals surface area contributed by atoms with E-state index in [9.17, 15) is 9.59 Å². The zero-order valence-electron chi connectivity index (χ0n) is 12.0. The number of benzene rings is 1. The number of amides is 1. The van der Waals surface area contributed by atoms with E-state index in [0.717, 1.165) is 5.69 Å². The molecule has 0 spiro atoms. The Bertz CT molecular complexity index is 478. The van der Waals surface area contributed by atoms with Crippen LogP contribution in [0.5, 0.6) is 0 Å². The fourth-order valence-electron chi connectivity index (χ4n) is 1.49. The van der Waals surface area contributed by atoms with Crippen molar-refractivity contribution in [1.82, 2.24) is 4.90 Å². The quantitative estimate of drug-likeness (QED) is 0.899. The number of carboxylic acids is 1. The first-order valence-electron chi connectivity index (χ1n) is 5.97. The van der Waals surface area contributed by atoms with Gasteiger partial charge in [0, 0.05) is 32.4 Å². The van der Waals surface area contributed by atoms with Gasteiger partial charge in [0.05, 0.1) is 0 Å². The van der Waals surface area contributed by atoms with Crippen LogP contribution in [0, 0.1) is 0 Å². The molecule has 104 valence electrons. The standard InChI is InChI=1S/C14H20N2O3/c1-14(2,13(18)19)16(5)12(17)10-6-8-11(9-7-10)15(3)4/h6-9H,1-5H3,(H,18,19). The molecular weight excluding hydrogens is 244 g/mol. The molecule has 1 amide bonds. The third-order valence-corrected chi connectivity index (χ3v) is 3.30. The lowest BCUT2D eigenvalue weighted by atomic mass is 10.0. The van der Waals surface area contributed by atoms with Gasteiger partial charge in [-0.3, -0.25) is 4.79 Å². The van der Waals surface area contributed by atoms with Crippen LogP contribution in [0.4, 0.5) is 5.69 Å². The first kappa shape index (κ1) is 15.0. The Morgan fingerprint density at radius 3 is 1.89 bits per heavy atom. The number of carboxylic acid groups (broad SMARTS) is 1. The van der Waals surface area contributed by atoms with E-state index in [1.165, 1.54) is 25.8 Å². The van der Waals surface area contributed by atoms with E-state index >= 15 is 0 Å². The Morgan fingerprint density at radius 2 is 1.53 bits per heavy atom. The highest BCUT2D eigenvalue weighted by Crippen LogP contribution is 2.18. The van der Waals surface area contributed by atoms with E-state index in [-0.39, 0.29) is 5.91 Å². The van der Waals surface area contributed by atoms with E-state index in [1.54, 1.807) is 12.1 Å². The molecule has 1 rings (SSSR count). The molecule has 1 aromatic carbocycles. The van der Waals surface area contributed by atoms with Gasteiger partial charge in [0.2, 0.25) is 0 Å². The summed E-state index contributed by atoms with van der Waals surface area (Å²) in [6, 6.07) is 7.06. The first-order valence-corrected chi connectivity index (χ1v) is 5.97. The van der Waals surface area contributed by atoms with Crippen LogP contribution in [0.3, 0.4) is 0 Å². The Balaban J connectivity index is 2.98. The van der Waals surface area contributed by atoms with E-state index in [0.29, 0.717) is 5.56 Å². The van der Waals surface area contributed by atoms with Gasteiger partial charge in [0.1, 0.15) is 5.54 Å². The number of likely N-dealkylation sites (N-methyl/N-ethyl adjacent to an activating group) is 1. The molecule has 0 bridgehead atoms. The molecule has 1 N–H and O–H groups in total. The fourth-order valence-corrected chi connectivity index (χ4v) is 1.49. The second kappa shape index (κ2) is 5.30. The van der Waals surface area contributed by atoms with Crippen LogP contribution in [-0.2, 0) is 4.79 Å². The monoisotopic (exact) mass is 264 g/mol. The molecule has 0 fully saturated rings. The molecule has 0 radical (unpaired) electrons. The van der Waals surface area contributed by atoms with E-state index in [4.69, 9.17) is 5.11 Å². The van der Waals surface area contributed by atoms with Crippen LogP contribution in [0.1, 0.15) is 24.2 Å². The average Bonchev–Trinajstić information content (AvgIpc) is 2.36. The number of hydrogen-bond donors (Lipinski definition) is 1. The number of hydrogen-bond acceptors (Lipinski definition) is 3. The third kappa shape index (κ3) is 3.05. The van der Waals surface area contributed by atoms with Gasteiger partial charge in [-0.1, -0.05) is 0 Å². The summed E-state index contributed by atoms with van der Waals surface area (Å²) >= 11 is 0. The Hall–Kier alpha value is -2.04. The molecule has 19 heavy (non-hydrogen) atoms. The third-order valence-electron chi connectivity index (χ3n) is 3.30. The lowest BCUT2D eigenvalue weighted by molar-refractivity contribution is -0.147. The first-order chi connectivity index (χ1) is 8.67. The summed E-state index contributed by atoms with van der Waals surface area (Å²) in [7, 11) is 5.32. The molecule has 0 heterocycles. The number of anilines is 1. The molecule has 0 aliphatic rings. The van der Waals surface area contributed by atoms with Crippen LogP contribution in [0.2, 0.25) is 0 Å². The molecule has 0 saturated carbocycles. The summed E-state index contributed by atoms with van der Waals surface area (Å²) in [4.78, 5) is 26.5. The summed E-state index contributed by atoms with van der Waals surface area (Å²) in [6.45, 7) is 3.00. The van der Waals surface area contributed by atoms with Crippen LogP contribution in [0.15, 0.2) is 24.3 Å². The van der Waals surface area contributed by atoms with Crippen molar-refractivity contribution in [2.75, 3.05) is 26.0 Å². The topological polar surface area (TPSA) is 60.9 Å². The maximum atomic E-state index is 12.2. The number of rotatable bonds is 4. The van der Waals surface area contributed by atoms with E-state index < -0.39 is 11.5 Å². The predicted molar refractivity (Wildman–Crippen MR) is 74.6 cm³/mol. The maximum Gasteiger partial charge on any atom is 0.329 e. The molecule has 0 saturated heterocycles. The van der Waals surface area contributed by atoms with Crippen molar-refractivity contribution < 1.29 is 14.7 Å². The number of aliphatic carboxylic acids is 1. The Kier molecular flexibility index (Phi) is 4.19. The largest absolute Gasteiger partial charge is 0.480 e. The van der Waals surface area contributed by atoms with Gasteiger partial charge < -0.3 is 14.9 Å². The van der Waals surface area contributed by atoms with Gasteiger partial charge in [-0.2, -0.15) is 0 Å². The fraction of sp³-hybridized carbons (Fsp3) is 0.429. The minimum absolute atomic E-state index is 0.308. The highest BCUT2D eigenvalue weighted by atomic mass is 16.4. The Morgan fingerprint density at radius 1 is 1.05 bits per heavy atom. The van der Waals surface area contributed by atoms with E-state index in [1.807, 2.05) is 31.1 Å². The zero-order valence-corrected chi connectivity index (χ0v) is 12.0. The van der Waals surface area contributed by atoms with Gasteiger partial charge in [-0.05, 0) is 38.1 Å². The molecule has 0 unspecified atom stereocenters. The highest BCUT2D eigenvalue weighted by Gasteiger charge is 2.35. The highest BCUT2D eigenvalue weighted by molar-refractivity contribution is 5.97. The number of carbonyl (C=O) groups excluding carboxylic acids is 1. The zero-order chi connectivity index (χ0) is 14.8. The van der Waals surface area contributed by atoms with Gasteiger partial charge in [-0.25, -0.2) is 4.79 Å². The lowest BCUT2D eigenvalue weighted by Crippen LogP contribution is -2.50. The molecule has 0 aliphatic carbocycles. The summed E-state index contributed by atoms with van der Waals surface area (Å²) in [5.41, 5.74) is 0.219. The van der Waals surface area contributed by atoms with Crippen LogP contribution in [-0.4, -0.2) is 48.6 Å². The molecule has 5 heteroatoms. The van der Waals surface area contributed by atoms with Crippen LogP contribution < -0.4 is 4.90 Å². The minimum atomic E-state index is -1.24. The maximum absolute atomic E-state index is 12.2. The minimum Gasteiger partial charge on any atom is -0.480 e. The Labute approximate surface area is 113 Å². The molecular formula is C14H20N2O3. The van der Waals surface area contributed by atoms with Gasteiger partial charge in [0.15, 0.2) is 0 Å². The summed E-state index contributed by atoms with van der Waals surface area (Å²) < 4.78 is 0. The van der Waals surface area contributed by atoms with Crippen LogP contribution >= 0.6 is 0 Å². The normalized spacial score (nSPS) is 11.0. The van der Waals surface area contributed by atoms with Crippen molar-refractivity contribution in [3.05, 3.63) is 29.8 Å². The summed E-state index contributed by atoms with van der Waals surface area (Å²) in [6.07, 6.45) is 0. The smallest absolute Gasteiger partial charge is 0.329 e. The average molecular weight is 264 g/mol. The summed E-state index contributed by atoms with van der Waals surface area (Å²) in [5, 5.41) is 9.12. The lowest BCUT2D eigenvalue weighted by Gasteiger charge is -2.31. The van der Waals surface area contributed by atoms with Crippen molar-refractivity contribution in [3.63, 3.8) is 0 Å². The number of carbonyl (C=O) groups is 2. The molecule has 5 nitrogen and oxygen atoms in total. The summed E-state index contributed by atoms with van der Waals surface area (Å²) in [5.74, 6) is -1.34. The van der Waals surface area contributed by atoms with Crippen molar-refractivity contribution >= 4 is 17.6 Å². The van der Waals surface area contributed by atoms with Gasteiger partial charge in [0.25, 0.3) is 5.91 Å². The van der Waals surface area contributed by atoms with Crippen LogP contribution in [0.25, 0.3) is 0 Å². The second-order valence-electron chi connectivity index (χ2n) is 5.17. The molecule has 1 aromatic rings. The number of nitrogens with zero attached hydrogens (tertiary/aromatic N) is 2.